The van der Waals surface area contributed by atoms with Gasteiger partial charge in [0.1, 0.15) is 15.4 Å². The second kappa shape index (κ2) is 8.05. The van der Waals surface area contributed by atoms with Crippen LogP contribution in [0, 0.1) is 0 Å². The number of hydrogen-bond donors (Lipinski definition) is 2. The molecule has 3 N–H and O–H groups in total. The van der Waals surface area contributed by atoms with Gasteiger partial charge in [0.2, 0.25) is 0 Å². The summed E-state index contributed by atoms with van der Waals surface area (Å²) in [5, 5.41) is 7.08. The fourth-order valence-electron chi connectivity index (χ4n) is 3.15. The molecule has 3 heterocycles. The molecule has 0 bridgehead atoms. The lowest BCUT2D eigenvalue weighted by molar-refractivity contribution is 0.100. The maximum Gasteiger partial charge on any atom is 0.280 e. The summed E-state index contributed by atoms with van der Waals surface area (Å²) in [7, 11) is 1.60. The Morgan fingerprint density at radius 2 is 1.97 bits per heavy atom. The number of halogens is 3. The van der Waals surface area contributed by atoms with E-state index in [2.05, 4.69) is 15.4 Å². The predicted molar refractivity (Wildman–Crippen MR) is 115 cm³/mol. The summed E-state index contributed by atoms with van der Waals surface area (Å²) in [5.74, 6) is -1.51. The number of nitrogens with zero attached hydrogens (tertiary/aromatic N) is 3. The van der Waals surface area contributed by atoms with Gasteiger partial charge in [-0.3, -0.25) is 14.3 Å². The van der Waals surface area contributed by atoms with E-state index in [9.17, 15) is 18.4 Å². The molecule has 0 atom stereocenters. The van der Waals surface area contributed by atoms with E-state index in [-0.39, 0.29) is 26.1 Å². The molecule has 0 spiro atoms. The van der Waals surface area contributed by atoms with Gasteiger partial charge in [0.05, 0.1) is 10.7 Å². The first kappa shape index (κ1) is 20.9. The Kier molecular flexibility index (Phi) is 5.42. The average Bonchev–Trinajstić information content (AvgIpc) is 3.27. The fourth-order valence-corrected chi connectivity index (χ4v) is 4.43. The van der Waals surface area contributed by atoms with Crippen LogP contribution in [-0.2, 0) is 7.05 Å². The number of aromatic nitrogens is 3. The number of carbonyl (C=O) groups is 2. The molecule has 4 aromatic rings. The summed E-state index contributed by atoms with van der Waals surface area (Å²) in [6.45, 7) is 0. The summed E-state index contributed by atoms with van der Waals surface area (Å²) in [5.41, 5.74) is 6.07. The van der Waals surface area contributed by atoms with Gasteiger partial charge in [-0.2, -0.15) is 5.10 Å². The number of hydrogen-bond acceptors (Lipinski definition) is 5. The second-order valence-electron chi connectivity index (χ2n) is 6.57. The minimum absolute atomic E-state index is 0.0218. The minimum Gasteiger partial charge on any atom is -0.365 e. The summed E-state index contributed by atoms with van der Waals surface area (Å²) in [6, 6.07) is 9.97. The largest absolute Gasteiger partial charge is 0.365 e. The molecular weight excluding hydrogens is 448 g/mol. The number of primary amides is 1. The lowest BCUT2D eigenvalue weighted by Gasteiger charge is -2.10. The first-order valence-electron chi connectivity index (χ1n) is 8.87. The van der Waals surface area contributed by atoms with Crippen LogP contribution in [0.1, 0.15) is 32.3 Å². The van der Waals surface area contributed by atoms with Crippen LogP contribution in [0.2, 0.25) is 5.02 Å². The highest BCUT2D eigenvalue weighted by atomic mass is 35.5. The number of thiophene rings is 1. The van der Waals surface area contributed by atoms with E-state index in [0.717, 1.165) is 11.3 Å². The number of benzene rings is 1. The third-order valence-electron chi connectivity index (χ3n) is 4.45. The molecule has 3 aromatic heterocycles. The van der Waals surface area contributed by atoms with E-state index in [1.54, 1.807) is 37.4 Å². The number of alkyl halides is 2. The number of pyridine rings is 1. The Labute approximate surface area is 183 Å². The van der Waals surface area contributed by atoms with Gasteiger partial charge in [-0.15, -0.1) is 11.3 Å². The van der Waals surface area contributed by atoms with E-state index in [1.807, 2.05) is 0 Å². The van der Waals surface area contributed by atoms with Crippen LogP contribution in [0.4, 0.5) is 14.5 Å². The Balaban J connectivity index is 1.97. The predicted octanol–water partition coefficient (Wildman–Crippen LogP) is 4.64. The zero-order chi connectivity index (χ0) is 22.3. The Morgan fingerprint density at radius 1 is 1.26 bits per heavy atom. The summed E-state index contributed by atoms with van der Waals surface area (Å²) in [4.78, 5) is 29.0. The Hall–Kier alpha value is -3.37. The highest BCUT2D eigenvalue weighted by molar-refractivity contribution is 7.21. The molecule has 158 valence electrons. The van der Waals surface area contributed by atoms with E-state index in [4.69, 9.17) is 17.3 Å². The SMILES string of the molecule is Cn1cc(Cl)c(C(=O)Nc2c(C(N)=O)sc3nc(C(F)F)cc(-c4ccccc4)c23)n1. The molecule has 4 rings (SSSR count). The fraction of sp³-hybridized carbons (Fsp3) is 0.100. The van der Waals surface area contributed by atoms with Crippen molar-refractivity contribution in [2.75, 3.05) is 5.32 Å². The first-order valence-corrected chi connectivity index (χ1v) is 10.1. The average molecular weight is 462 g/mol. The van der Waals surface area contributed by atoms with Crippen LogP contribution in [0.15, 0.2) is 42.6 Å². The van der Waals surface area contributed by atoms with Gasteiger partial charge in [-0.05, 0) is 17.2 Å². The molecule has 0 saturated carbocycles. The maximum atomic E-state index is 13.5. The minimum atomic E-state index is -2.82. The monoisotopic (exact) mass is 461 g/mol. The first-order chi connectivity index (χ1) is 14.8. The van der Waals surface area contributed by atoms with Gasteiger partial charge in [0.15, 0.2) is 5.69 Å². The summed E-state index contributed by atoms with van der Waals surface area (Å²) in [6.07, 6.45) is -1.38. The normalized spacial score (nSPS) is 11.3. The van der Waals surface area contributed by atoms with Crippen LogP contribution >= 0.6 is 22.9 Å². The highest BCUT2D eigenvalue weighted by Crippen LogP contribution is 2.42. The smallest absolute Gasteiger partial charge is 0.280 e. The van der Waals surface area contributed by atoms with Gasteiger partial charge in [-0.1, -0.05) is 41.9 Å². The molecule has 0 saturated heterocycles. The Bertz CT molecular complexity index is 1320. The molecule has 0 aliphatic carbocycles. The lowest BCUT2D eigenvalue weighted by atomic mass is 10.0. The van der Waals surface area contributed by atoms with E-state index < -0.39 is 23.9 Å². The van der Waals surface area contributed by atoms with Crippen molar-refractivity contribution in [3.8, 4) is 11.1 Å². The maximum absolute atomic E-state index is 13.5. The van der Waals surface area contributed by atoms with Gasteiger partial charge in [-0.25, -0.2) is 13.8 Å². The molecule has 0 fully saturated rings. The number of anilines is 1. The van der Waals surface area contributed by atoms with Crippen molar-refractivity contribution >= 4 is 50.7 Å². The standard InChI is InChI=1S/C20H14ClF2N5O2S/c1-28-8-11(21)14(27-28)19(30)26-15-13-10(9-5-3-2-4-6-9)7-12(17(22)23)25-20(13)31-16(15)18(24)29/h2-8,17H,1H3,(H2,24,29)(H,26,30). The van der Waals surface area contributed by atoms with Gasteiger partial charge < -0.3 is 11.1 Å². The molecule has 7 nitrogen and oxygen atoms in total. The highest BCUT2D eigenvalue weighted by Gasteiger charge is 2.26. The zero-order valence-electron chi connectivity index (χ0n) is 15.9. The van der Waals surface area contributed by atoms with E-state index in [1.165, 1.54) is 16.9 Å². The van der Waals surface area contributed by atoms with E-state index in [0.29, 0.717) is 16.5 Å². The number of fused-ring (bicyclic) bond motifs is 1. The molecule has 0 aliphatic rings. The number of nitrogens with one attached hydrogen (secondary N) is 1. The van der Waals surface area contributed by atoms with Crippen molar-refractivity contribution in [2.45, 2.75) is 6.43 Å². The van der Waals surface area contributed by atoms with Gasteiger partial charge in [0, 0.05) is 18.6 Å². The lowest BCUT2D eigenvalue weighted by Crippen LogP contribution is -2.17. The summed E-state index contributed by atoms with van der Waals surface area (Å²) < 4.78 is 28.3. The van der Waals surface area contributed by atoms with Crippen molar-refractivity contribution in [3.63, 3.8) is 0 Å². The van der Waals surface area contributed by atoms with Crippen LogP contribution in [0.3, 0.4) is 0 Å². The molecule has 11 heteroatoms. The second-order valence-corrected chi connectivity index (χ2v) is 7.97. The number of aryl methyl sites for hydroxylation is 1. The van der Waals surface area contributed by atoms with Crippen LogP contribution in [0.25, 0.3) is 21.3 Å². The van der Waals surface area contributed by atoms with Crippen molar-refractivity contribution in [1.82, 2.24) is 14.8 Å². The number of carbonyl (C=O) groups excluding carboxylic acids is 2. The van der Waals surface area contributed by atoms with Crippen LogP contribution in [-0.4, -0.2) is 26.6 Å². The zero-order valence-corrected chi connectivity index (χ0v) is 17.5. The number of nitrogens with two attached hydrogens (primary N) is 1. The number of rotatable bonds is 5. The van der Waals surface area contributed by atoms with Crippen molar-refractivity contribution < 1.29 is 18.4 Å². The topological polar surface area (TPSA) is 103 Å². The molecule has 2 amide bonds. The van der Waals surface area contributed by atoms with Gasteiger partial charge >= 0.3 is 0 Å². The molecule has 1 aromatic carbocycles. The van der Waals surface area contributed by atoms with Crippen molar-refractivity contribution in [1.29, 1.82) is 0 Å². The molecule has 0 unspecified atom stereocenters. The quantitative estimate of drug-likeness (QED) is 0.452. The number of amides is 2. The third-order valence-corrected chi connectivity index (χ3v) is 5.83. The molecule has 31 heavy (non-hydrogen) atoms. The van der Waals surface area contributed by atoms with Crippen LogP contribution in [0.5, 0.6) is 0 Å². The van der Waals surface area contributed by atoms with E-state index >= 15 is 0 Å². The van der Waals surface area contributed by atoms with Crippen molar-refractivity contribution in [2.24, 2.45) is 12.8 Å². The van der Waals surface area contributed by atoms with Gasteiger partial charge in [0.25, 0.3) is 18.2 Å². The van der Waals surface area contributed by atoms with Crippen molar-refractivity contribution in [3.05, 3.63) is 63.9 Å². The third kappa shape index (κ3) is 3.87. The van der Waals surface area contributed by atoms with Crippen LogP contribution < -0.4 is 11.1 Å². The Morgan fingerprint density at radius 3 is 2.55 bits per heavy atom. The molecular formula is C20H14ClF2N5O2S. The molecule has 0 radical (unpaired) electrons. The molecule has 0 aliphatic heterocycles. The summed E-state index contributed by atoms with van der Waals surface area (Å²) >= 11 is 6.88.